The van der Waals surface area contributed by atoms with E-state index in [1.165, 1.54) is 11.8 Å². The molecule has 1 aromatic carbocycles. The lowest BCUT2D eigenvalue weighted by Crippen LogP contribution is -2.48. The Morgan fingerprint density at radius 2 is 1.84 bits per heavy atom. The maximum Gasteiger partial charge on any atom is 0.235 e. The van der Waals surface area contributed by atoms with Crippen LogP contribution in [0, 0.1) is 6.92 Å². The summed E-state index contributed by atoms with van der Waals surface area (Å²) in [6.45, 7) is 6.45. The zero-order valence-electron chi connectivity index (χ0n) is 18.8. The predicted molar refractivity (Wildman–Crippen MR) is 125 cm³/mol. The van der Waals surface area contributed by atoms with Gasteiger partial charge in [0.15, 0.2) is 5.82 Å². The Bertz CT molecular complexity index is 881. The number of carbonyl (C=O) groups is 2. The van der Waals surface area contributed by atoms with E-state index in [-0.39, 0.29) is 29.4 Å². The number of nitrogens with one attached hydrogen (secondary N) is 2. The molecule has 2 aromatic rings. The molecule has 1 saturated heterocycles. The van der Waals surface area contributed by atoms with Gasteiger partial charge in [0.1, 0.15) is 11.5 Å². The zero-order chi connectivity index (χ0) is 22.9. The van der Waals surface area contributed by atoms with Gasteiger partial charge in [-0.15, -0.1) is 11.8 Å². The van der Waals surface area contributed by atoms with Crippen molar-refractivity contribution in [3.8, 4) is 5.75 Å². The lowest BCUT2D eigenvalue weighted by Gasteiger charge is -2.35. The molecule has 0 aliphatic carbocycles. The van der Waals surface area contributed by atoms with Crippen molar-refractivity contribution in [2.75, 3.05) is 63.7 Å². The molecule has 10 heteroatoms. The Hall–Kier alpha value is -2.56. The number of ether oxygens (including phenoxy) is 1. The standard InChI is InChI=1S/C22H31N5O4S/c1-16-12-20(25-31-16)24-22(29)15-32-14-21(28)23-19(13-27-10-8-26(2)9-11-27)17-4-6-18(30-3)7-5-17/h4-7,12,19H,8-11,13-15H2,1-3H3,(H,23,28)(H,24,25,29)/t19-/m1/s1. The molecule has 2 amide bonds. The first kappa shape index (κ1) is 24.1. The molecule has 32 heavy (non-hydrogen) atoms. The molecule has 1 fully saturated rings. The van der Waals surface area contributed by atoms with E-state index in [0.717, 1.165) is 44.0 Å². The second-order valence-corrected chi connectivity index (χ2v) is 8.85. The number of aromatic nitrogens is 1. The fraction of sp³-hybridized carbons (Fsp3) is 0.500. The van der Waals surface area contributed by atoms with Crippen LogP contribution in [-0.4, -0.2) is 85.2 Å². The number of thioether (sulfide) groups is 1. The summed E-state index contributed by atoms with van der Waals surface area (Å²) in [5, 5.41) is 9.53. The van der Waals surface area contributed by atoms with Gasteiger partial charge >= 0.3 is 0 Å². The zero-order valence-corrected chi connectivity index (χ0v) is 19.6. The van der Waals surface area contributed by atoms with Crippen LogP contribution in [0.2, 0.25) is 0 Å². The molecule has 0 radical (unpaired) electrons. The average molecular weight is 462 g/mol. The van der Waals surface area contributed by atoms with Crippen LogP contribution in [0.15, 0.2) is 34.9 Å². The number of likely N-dealkylation sites (N-methyl/N-ethyl adjacent to an activating group) is 1. The molecule has 0 unspecified atom stereocenters. The van der Waals surface area contributed by atoms with Crippen molar-refractivity contribution in [2.24, 2.45) is 0 Å². The smallest absolute Gasteiger partial charge is 0.235 e. The van der Waals surface area contributed by atoms with Gasteiger partial charge in [0.2, 0.25) is 11.8 Å². The minimum atomic E-state index is -0.222. The lowest BCUT2D eigenvalue weighted by molar-refractivity contribution is -0.119. The second-order valence-electron chi connectivity index (χ2n) is 7.86. The van der Waals surface area contributed by atoms with Gasteiger partial charge in [-0.2, -0.15) is 0 Å². The first-order valence-electron chi connectivity index (χ1n) is 10.6. The van der Waals surface area contributed by atoms with E-state index in [1.807, 2.05) is 24.3 Å². The monoisotopic (exact) mass is 461 g/mol. The molecule has 2 heterocycles. The first-order valence-corrected chi connectivity index (χ1v) is 11.7. The summed E-state index contributed by atoms with van der Waals surface area (Å²) < 4.78 is 10.2. The first-order chi connectivity index (χ1) is 15.4. The van der Waals surface area contributed by atoms with Crippen molar-refractivity contribution in [1.29, 1.82) is 0 Å². The Kier molecular flexibility index (Phi) is 8.95. The molecule has 1 atom stereocenters. The van der Waals surface area contributed by atoms with Gasteiger partial charge in [0.25, 0.3) is 0 Å². The van der Waals surface area contributed by atoms with Crippen molar-refractivity contribution < 1.29 is 18.8 Å². The van der Waals surface area contributed by atoms with Gasteiger partial charge in [-0.3, -0.25) is 14.5 Å². The number of hydrogen-bond acceptors (Lipinski definition) is 8. The highest BCUT2D eigenvalue weighted by atomic mass is 32.2. The number of methoxy groups -OCH3 is 1. The summed E-state index contributed by atoms with van der Waals surface area (Å²) in [5.41, 5.74) is 1.03. The molecule has 0 saturated carbocycles. The minimum Gasteiger partial charge on any atom is -0.497 e. The fourth-order valence-corrected chi connectivity index (χ4v) is 4.06. The maximum absolute atomic E-state index is 12.6. The maximum atomic E-state index is 12.6. The van der Waals surface area contributed by atoms with Crippen molar-refractivity contribution in [1.82, 2.24) is 20.3 Å². The molecule has 174 valence electrons. The van der Waals surface area contributed by atoms with Crippen molar-refractivity contribution in [2.45, 2.75) is 13.0 Å². The van der Waals surface area contributed by atoms with E-state index in [1.54, 1.807) is 20.1 Å². The molecule has 1 aromatic heterocycles. The third kappa shape index (κ3) is 7.54. The summed E-state index contributed by atoms with van der Waals surface area (Å²) in [6, 6.07) is 9.30. The molecule has 0 bridgehead atoms. The molecule has 9 nitrogen and oxygen atoms in total. The van der Waals surface area contributed by atoms with E-state index in [9.17, 15) is 9.59 Å². The van der Waals surface area contributed by atoms with Gasteiger partial charge in [-0.1, -0.05) is 17.3 Å². The predicted octanol–water partition coefficient (Wildman–Crippen LogP) is 1.77. The third-order valence-corrected chi connectivity index (χ3v) is 6.18. The second kappa shape index (κ2) is 11.9. The Labute approximate surface area is 192 Å². The van der Waals surface area contributed by atoms with Gasteiger partial charge in [-0.25, -0.2) is 0 Å². The summed E-state index contributed by atoms with van der Waals surface area (Å²) in [6.07, 6.45) is 0. The Balaban J connectivity index is 1.51. The van der Waals surface area contributed by atoms with Crippen LogP contribution < -0.4 is 15.4 Å². The van der Waals surface area contributed by atoms with Crippen LogP contribution in [0.4, 0.5) is 5.82 Å². The Morgan fingerprint density at radius 1 is 1.16 bits per heavy atom. The van der Waals surface area contributed by atoms with Crippen LogP contribution in [0.3, 0.4) is 0 Å². The number of rotatable bonds is 10. The summed E-state index contributed by atoms with van der Waals surface area (Å²) >= 11 is 1.26. The van der Waals surface area contributed by atoms with Crippen LogP contribution >= 0.6 is 11.8 Å². The van der Waals surface area contributed by atoms with Gasteiger partial charge in [0.05, 0.1) is 24.7 Å². The van der Waals surface area contributed by atoms with Crippen LogP contribution in [0.1, 0.15) is 17.4 Å². The van der Waals surface area contributed by atoms with Gasteiger partial charge in [-0.05, 0) is 31.7 Å². The minimum absolute atomic E-state index is 0.102. The third-order valence-electron chi connectivity index (χ3n) is 5.25. The number of anilines is 1. The number of nitrogens with zero attached hydrogens (tertiary/aromatic N) is 3. The Morgan fingerprint density at radius 3 is 2.47 bits per heavy atom. The normalized spacial score (nSPS) is 15.8. The molecular formula is C22H31N5O4S. The van der Waals surface area contributed by atoms with E-state index in [4.69, 9.17) is 9.26 Å². The summed E-state index contributed by atoms with van der Waals surface area (Å²) in [5.74, 6) is 1.81. The number of aryl methyl sites for hydroxylation is 1. The number of amides is 2. The summed E-state index contributed by atoms with van der Waals surface area (Å²) in [7, 11) is 3.76. The molecule has 2 N–H and O–H groups in total. The van der Waals surface area contributed by atoms with Gasteiger partial charge in [0, 0.05) is 38.8 Å². The van der Waals surface area contributed by atoms with E-state index < -0.39 is 0 Å². The van der Waals surface area contributed by atoms with Gasteiger partial charge < -0.3 is 24.8 Å². The number of piperazine rings is 1. The number of hydrogen-bond donors (Lipinski definition) is 2. The van der Waals surface area contributed by atoms with Crippen LogP contribution in [0.5, 0.6) is 5.75 Å². The van der Waals surface area contributed by atoms with Crippen molar-refractivity contribution in [3.63, 3.8) is 0 Å². The highest BCUT2D eigenvalue weighted by Gasteiger charge is 2.21. The molecular weight excluding hydrogens is 430 g/mol. The number of benzene rings is 1. The average Bonchev–Trinajstić information content (AvgIpc) is 3.19. The highest BCUT2D eigenvalue weighted by molar-refractivity contribution is 8.00. The number of carbonyl (C=O) groups excluding carboxylic acids is 2. The SMILES string of the molecule is COc1ccc([C@@H](CN2CCN(C)CC2)NC(=O)CSCC(=O)Nc2cc(C)on2)cc1. The molecule has 1 aliphatic rings. The quantitative estimate of drug-likeness (QED) is 0.552. The molecule has 1 aliphatic heterocycles. The van der Waals surface area contributed by atoms with E-state index >= 15 is 0 Å². The molecule has 0 spiro atoms. The molecule has 3 rings (SSSR count). The van der Waals surface area contributed by atoms with E-state index in [2.05, 4.69) is 32.6 Å². The van der Waals surface area contributed by atoms with Crippen molar-refractivity contribution in [3.05, 3.63) is 41.7 Å². The lowest BCUT2D eigenvalue weighted by atomic mass is 10.1. The van der Waals surface area contributed by atoms with Crippen LogP contribution in [0.25, 0.3) is 0 Å². The summed E-state index contributed by atoms with van der Waals surface area (Å²) in [4.78, 5) is 29.3. The fourth-order valence-electron chi connectivity index (χ4n) is 3.44. The largest absolute Gasteiger partial charge is 0.497 e. The van der Waals surface area contributed by atoms with Crippen LogP contribution in [-0.2, 0) is 9.59 Å². The highest BCUT2D eigenvalue weighted by Crippen LogP contribution is 2.20. The topological polar surface area (TPSA) is 99.9 Å². The van der Waals surface area contributed by atoms with Crippen molar-refractivity contribution >= 4 is 29.4 Å². The van der Waals surface area contributed by atoms with E-state index in [0.29, 0.717) is 11.6 Å².